The first-order valence-corrected chi connectivity index (χ1v) is 14.8. The molecule has 0 aliphatic rings. The van der Waals surface area contributed by atoms with Crippen molar-refractivity contribution in [2.24, 2.45) is 0 Å². The van der Waals surface area contributed by atoms with E-state index in [0.29, 0.717) is 27.9 Å². The van der Waals surface area contributed by atoms with Crippen LogP contribution in [0.3, 0.4) is 0 Å². The summed E-state index contributed by atoms with van der Waals surface area (Å²) in [6.45, 7) is 4.00. The monoisotopic (exact) mass is 599 g/mol. The number of rotatable bonds is 12. The molecule has 1 N–H and O–H groups in total. The van der Waals surface area contributed by atoms with Gasteiger partial charge in [0.2, 0.25) is 5.91 Å². The van der Waals surface area contributed by atoms with E-state index in [-0.39, 0.29) is 24.1 Å². The summed E-state index contributed by atoms with van der Waals surface area (Å²) in [6.07, 6.45) is 0. The Morgan fingerprint density at radius 1 is 0.860 bits per heavy atom. The van der Waals surface area contributed by atoms with Gasteiger partial charge >= 0.3 is 0 Å². The van der Waals surface area contributed by atoms with Gasteiger partial charge in [-0.15, -0.1) is 0 Å². The summed E-state index contributed by atoms with van der Waals surface area (Å²) in [7, 11) is 7.00. The van der Waals surface area contributed by atoms with Gasteiger partial charge in [-0.3, -0.25) is 9.59 Å². The van der Waals surface area contributed by atoms with Crippen molar-refractivity contribution in [3.63, 3.8) is 0 Å². The molecule has 0 radical (unpaired) electrons. The van der Waals surface area contributed by atoms with Gasteiger partial charge in [-0.25, -0.2) is 9.97 Å². The average molecular weight is 600 g/mol. The van der Waals surface area contributed by atoms with E-state index in [9.17, 15) is 9.59 Å². The Labute approximate surface area is 257 Å². The number of hydrogen-bond acceptors (Lipinski definition) is 8. The molecule has 4 aromatic rings. The largest absolute Gasteiger partial charge is 0.493 e. The van der Waals surface area contributed by atoms with E-state index in [0.717, 1.165) is 22.6 Å². The van der Waals surface area contributed by atoms with Crippen LogP contribution in [0.1, 0.15) is 28.6 Å². The summed E-state index contributed by atoms with van der Waals surface area (Å²) in [5.41, 5.74) is 4.74. The van der Waals surface area contributed by atoms with Crippen molar-refractivity contribution in [1.29, 1.82) is 0 Å². The number of aromatic nitrogens is 2. The average Bonchev–Trinajstić information content (AvgIpc) is 2.99. The van der Waals surface area contributed by atoms with Crippen LogP contribution in [0, 0.1) is 13.8 Å². The summed E-state index contributed by atoms with van der Waals surface area (Å²) in [6, 6.07) is 23.3. The first-order chi connectivity index (χ1) is 20.7. The minimum atomic E-state index is -0.984. The van der Waals surface area contributed by atoms with Crippen molar-refractivity contribution in [3.8, 4) is 11.5 Å². The number of benzene rings is 3. The molecule has 4 rings (SSSR count). The number of carbonyl (C=O) groups excluding carboxylic acids is 2. The van der Waals surface area contributed by atoms with E-state index in [1.165, 1.54) is 18.9 Å². The second-order valence-corrected chi connectivity index (χ2v) is 11.1. The fourth-order valence-corrected chi connectivity index (χ4v) is 5.46. The van der Waals surface area contributed by atoms with Crippen LogP contribution in [-0.4, -0.2) is 60.8 Å². The smallest absolute Gasteiger partial charge is 0.251 e. The van der Waals surface area contributed by atoms with Gasteiger partial charge in [0, 0.05) is 43.4 Å². The van der Waals surface area contributed by atoms with Gasteiger partial charge in [0.15, 0.2) is 16.7 Å². The lowest BCUT2D eigenvalue weighted by molar-refractivity contribution is -0.137. The number of methoxy groups -OCH3 is 2. The Morgan fingerprint density at radius 3 is 2.12 bits per heavy atom. The van der Waals surface area contributed by atoms with Crippen LogP contribution in [0.4, 0.5) is 11.4 Å². The molecular weight excluding hydrogens is 562 g/mol. The molecular formula is C33H37N5O4S. The molecule has 224 valence electrons. The quantitative estimate of drug-likeness (QED) is 0.164. The fourth-order valence-electron chi connectivity index (χ4n) is 4.62. The Kier molecular flexibility index (Phi) is 10.6. The third-order valence-electron chi connectivity index (χ3n) is 6.74. The fraction of sp³-hybridized carbons (Fsp3) is 0.273. The number of amides is 2. The van der Waals surface area contributed by atoms with Crippen LogP contribution in [0.5, 0.6) is 11.5 Å². The number of hydrogen-bond donors (Lipinski definition) is 1. The van der Waals surface area contributed by atoms with Gasteiger partial charge in [-0.2, -0.15) is 0 Å². The van der Waals surface area contributed by atoms with E-state index in [2.05, 4.69) is 15.3 Å². The van der Waals surface area contributed by atoms with Crippen molar-refractivity contribution in [3.05, 3.63) is 101 Å². The number of thioether (sulfide) groups is 1. The van der Waals surface area contributed by atoms with Crippen molar-refractivity contribution in [1.82, 2.24) is 14.9 Å². The number of ether oxygens (including phenoxy) is 2. The first kappa shape index (κ1) is 31.4. The van der Waals surface area contributed by atoms with Crippen molar-refractivity contribution in [2.45, 2.75) is 31.6 Å². The van der Waals surface area contributed by atoms with Crippen LogP contribution in [0.25, 0.3) is 0 Å². The summed E-state index contributed by atoms with van der Waals surface area (Å²) in [4.78, 5) is 40.8. The molecule has 10 heteroatoms. The number of aryl methyl sites for hydroxylation is 2. The summed E-state index contributed by atoms with van der Waals surface area (Å²) < 4.78 is 11.0. The molecule has 43 heavy (non-hydrogen) atoms. The van der Waals surface area contributed by atoms with Gasteiger partial charge in [-0.05, 0) is 67.4 Å². The normalized spacial score (nSPS) is 11.4. The molecule has 0 unspecified atom stereocenters. The number of nitrogens with one attached hydrogen (secondary N) is 1. The molecule has 0 saturated heterocycles. The molecule has 0 aliphatic carbocycles. The van der Waals surface area contributed by atoms with E-state index >= 15 is 0 Å². The second-order valence-electron chi connectivity index (χ2n) is 10.2. The first-order valence-electron chi connectivity index (χ1n) is 13.8. The zero-order valence-corrected chi connectivity index (χ0v) is 26.1. The predicted molar refractivity (Wildman–Crippen MR) is 171 cm³/mol. The highest BCUT2D eigenvalue weighted by Gasteiger charge is 2.33. The molecule has 1 aromatic heterocycles. The Morgan fingerprint density at radius 2 is 1.51 bits per heavy atom. The van der Waals surface area contributed by atoms with E-state index in [4.69, 9.17) is 9.47 Å². The van der Waals surface area contributed by atoms with Crippen LogP contribution in [0.2, 0.25) is 0 Å². The van der Waals surface area contributed by atoms with Crippen LogP contribution >= 0.6 is 11.8 Å². The maximum atomic E-state index is 14.2. The van der Waals surface area contributed by atoms with Crippen molar-refractivity contribution >= 4 is 35.0 Å². The predicted octanol–water partition coefficient (Wildman–Crippen LogP) is 5.68. The van der Waals surface area contributed by atoms with E-state index < -0.39 is 6.04 Å². The number of anilines is 2. The van der Waals surface area contributed by atoms with Gasteiger partial charge in [-0.1, -0.05) is 48.2 Å². The standard InChI is InChI=1S/C33H37N5O4S/c1-22-18-23(2)35-33(34-22)43-21-30(39)38(20-24-10-8-7-9-11-24)31(25-12-17-28(41-5)29(19-25)42-6)32(40)36-26-13-15-27(16-14-26)37(3)4/h7-19,31H,20-21H2,1-6H3,(H,36,40)/t31-/m0/s1. The second kappa shape index (κ2) is 14.6. The summed E-state index contributed by atoms with van der Waals surface area (Å²) in [5.74, 6) is 0.423. The van der Waals surface area contributed by atoms with Crippen molar-refractivity contribution in [2.75, 3.05) is 44.3 Å². The van der Waals surface area contributed by atoms with Crippen LogP contribution in [-0.2, 0) is 16.1 Å². The van der Waals surface area contributed by atoms with Crippen LogP contribution in [0.15, 0.2) is 84.0 Å². The van der Waals surface area contributed by atoms with E-state index in [1.54, 1.807) is 30.2 Å². The highest BCUT2D eigenvalue weighted by Crippen LogP contribution is 2.34. The number of carbonyl (C=O) groups is 2. The minimum absolute atomic E-state index is 0.0460. The Balaban J connectivity index is 1.74. The topological polar surface area (TPSA) is 96.9 Å². The third kappa shape index (κ3) is 8.26. The Hall–Kier alpha value is -4.57. The maximum absolute atomic E-state index is 14.2. The molecule has 0 bridgehead atoms. The molecule has 3 aromatic carbocycles. The SMILES string of the molecule is COc1ccc([C@@H](C(=O)Nc2ccc(N(C)C)cc2)N(Cc2ccccc2)C(=O)CSc2nc(C)cc(C)n2)cc1OC. The minimum Gasteiger partial charge on any atom is -0.493 e. The molecule has 9 nitrogen and oxygen atoms in total. The Bertz CT molecular complexity index is 1530. The molecule has 0 saturated carbocycles. The molecule has 0 aliphatic heterocycles. The molecule has 0 spiro atoms. The molecule has 1 atom stereocenters. The van der Waals surface area contributed by atoms with Crippen molar-refractivity contribution < 1.29 is 19.1 Å². The summed E-state index contributed by atoms with van der Waals surface area (Å²) in [5, 5.41) is 3.54. The molecule has 2 amide bonds. The van der Waals surface area contributed by atoms with E-state index in [1.807, 2.05) is 93.5 Å². The lowest BCUT2D eigenvalue weighted by Crippen LogP contribution is -2.41. The lowest BCUT2D eigenvalue weighted by atomic mass is 10.0. The maximum Gasteiger partial charge on any atom is 0.251 e. The lowest BCUT2D eigenvalue weighted by Gasteiger charge is -2.32. The van der Waals surface area contributed by atoms with Gasteiger partial charge in [0.25, 0.3) is 5.91 Å². The van der Waals surface area contributed by atoms with Gasteiger partial charge in [0.1, 0.15) is 6.04 Å². The molecule has 0 fully saturated rings. The molecule has 1 heterocycles. The highest BCUT2D eigenvalue weighted by molar-refractivity contribution is 7.99. The zero-order chi connectivity index (χ0) is 30.9. The third-order valence-corrected chi connectivity index (χ3v) is 7.57. The highest BCUT2D eigenvalue weighted by atomic mass is 32.2. The van der Waals surface area contributed by atoms with Gasteiger partial charge < -0.3 is 24.6 Å². The zero-order valence-electron chi connectivity index (χ0n) is 25.3. The summed E-state index contributed by atoms with van der Waals surface area (Å²) >= 11 is 1.25. The van der Waals surface area contributed by atoms with Crippen LogP contribution < -0.4 is 19.7 Å². The number of nitrogens with zero attached hydrogens (tertiary/aromatic N) is 4. The van der Waals surface area contributed by atoms with Gasteiger partial charge in [0.05, 0.1) is 20.0 Å².